The number of fused-ring (bicyclic) bond motifs is 1. The Morgan fingerprint density at radius 1 is 1.21 bits per heavy atom. The molecule has 2 aromatic carbocycles. The molecule has 1 saturated heterocycles. The van der Waals surface area contributed by atoms with E-state index in [9.17, 15) is 17.6 Å². The van der Waals surface area contributed by atoms with E-state index < -0.39 is 17.8 Å². The first kappa shape index (κ1) is 24.0. The molecule has 1 aliphatic heterocycles. The third-order valence-electron chi connectivity index (χ3n) is 5.25. The Labute approximate surface area is 186 Å². The van der Waals surface area contributed by atoms with Crippen LogP contribution in [-0.2, 0) is 11.3 Å². The van der Waals surface area contributed by atoms with Gasteiger partial charge in [0.05, 0.1) is 35.8 Å². The minimum absolute atomic E-state index is 0.0271. The Balaban J connectivity index is 0.000000383. The van der Waals surface area contributed by atoms with Gasteiger partial charge < -0.3 is 20.3 Å². The number of anilines is 1. The van der Waals surface area contributed by atoms with Crippen LogP contribution >= 0.6 is 0 Å². The Morgan fingerprint density at radius 3 is 2.39 bits per heavy atom. The molecule has 1 fully saturated rings. The van der Waals surface area contributed by atoms with Crippen molar-refractivity contribution >= 4 is 23.0 Å². The van der Waals surface area contributed by atoms with Crippen LogP contribution in [-0.4, -0.2) is 52.1 Å². The number of imidazole rings is 1. The number of nitriles is 1. The maximum absolute atomic E-state index is 14.6. The smallest absolute Gasteiger partial charge is 0.475 e. The molecule has 7 nitrogen and oxygen atoms in total. The molecule has 0 amide bonds. The molecular formula is C22H21F4N5O2. The van der Waals surface area contributed by atoms with Gasteiger partial charge in [-0.05, 0) is 29.8 Å². The maximum Gasteiger partial charge on any atom is 0.490 e. The lowest BCUT2D eigenvalue weighted by Crippen LogP contribution is -2.37. The maximum atomic E-state index is 14.6. The minimum atomic E-state index is -5.08. The lowest BCUT2D eigenvalue weighted by atomic mass is 10.1. The number of carboxylic acid groups (broad SMARTS) is 1. The Morgan fingerprint density at radius 2 is 1.85 bits per heavy atom. The second kappa shape index (κ2) is 9.46. The van der Waals surface area contributed by atoms with E-state index >= 15 is 0 Å². The van der Waals surface area contributed by atoms with Crippen LogP contribution in [0.2, 0.25) is 0 Å². The van der Waals surface area contributed by atoms with Crippen LogP contribution < -0.4 is 10.6 Å². The highest BCUT2D eigenvalue weighted by atomic mass is 19.4. The average Bonchev–Trinajstić information content (AvgIpc) is 3.35. The number of para-hydroxylation sites is 2. The van der Waals surface area contributed by atoms with Crippen LogP contribution in [0.25, 0.3) is 11.0 Å². The van der Waals surface area contributed by atoms with E-state index in [1.807, 2.05) is 53.4 Å². The SMILES string of the molecule is N#Cc1ccc(Cn2c(N3CC[C@@](F)(CN)C3)nc3ccccc32)cc1.O=C(O)C(F)(F)F. The first-order chi connectivity index (χ1) is 15.6. The summed E-state index contributed by atoms with van der Waals surface area (Å²) in [6.07, 6.45) is -4.66. The van der Waals surface area contributed by atoms with E-state index in [1.165, 1.54) is 0 Å². The number of aliphatic carboxylic acids is 1. The fraction of sp³-hybridized carbons (Fsp3) is 0.318. The fourth-order valence-corrected chi connectivity index (χ4v) is 3.50. The molecule has 1 aliphatic rings. The largest absolute Gasteiger partial charge is 0.490 e. The van der Waals surface area contributed by atoms with E-state index in [0.717, 1.165) is 22.5 Å². The van der Waals surface area contributed by atoms with E-state index in [1.54, 1.807) is 0 Å². The number of carbonyl (C=O) groups is 1. The van der Waals surface area contributed by atoms with Gasteiger partial charge in [-0.3, -0.25) is 0 Å². The van der Waals surface area contributed by atoms with Crippen LogP contribution in [0.3, 0.4) is 0 Å². The summed E-state index contributed by atoms with van der Waals surface area (Å²) in [5.74, 6) is -1.99. The van der Waals surface area contributed by atoms with Crippen LogP contribution in [0.5, 0.6) is 0 Å². The Hall–Kier alpha value is -3.65. The molecule has 3 N–H and O–H groups in total. The normalized spacial score (nSPS) is 18.0. The molecule has 0 bridgehead atoms. The molecule has 0 spiro atoms. The monoisotopic (exact) mass is 463 g/mol. The number of hydrogen-bond acceptors (Lipinski definition) is 5. The molecule has 4 rings (SSSR count). The molecule has 0 aliphatic carbocycles. The van der Waals surface area contributed by atoms with E-state index in [4.69, 9.17) is 25.9 Å². The quantitative estimate of drug-likeness (QED) is 0.574. The molecule has 11 heteroatoms. The van der Waals surface area contributed by atoms with Gasteiger partial charge in [-0.15, -0.1) is 0 Å². The summed E-state index contributed by atoms with van der Waals surface area (Å²) in [7, 11) is 0. The van der Waals surface area contributed by atoms with Gasteiger partial charge in [-0.25, -0.2) is 14.2 Å². The summed E-state index contributed by atoms with van der Waals surface area (Å²) in [5, 5.41) is 16.1. The molecule has 0 radical (unpaired) electrons. The number of nitrogens with zero attached hydrogens (tertiary/aromatic N) is 4. The van der Waals surface area contributed by atoms with Crippen LogP contribution in [0.15, 0.2) is 48.5 Å². The van der Waals surface area contributed by atoms with Crippen molar-refractivity contribution in [3.05, 3.63) is 59.7 Å². The zero-order valence-electron chi connectivity index (χ0n) is 17.4. The molecule has 2 heterocycles. The molecule has 1 aromatic heterocycles. The first-order valence-corrected chi connectivity index (χ1v) is 9.95. The third kappa shape index (κ3) is 5.59. The van der Waals surface area contributed by atoms with Crippen molar-refractivity contribution in [2.75, 3.05) is 24.5 Å². The average molecular weight is 463 g/mol. The number of hydrogen-bond donors (Lipinski definition) is 2. The van der Waals surface area contributed by atoms with E-state index in [2.05, 4.69) is 10.6 Å². The topological polar surface area (TPSA) is 108 Å². The standard InChI is InChI=1S/C20H20FN5.C2HF3O2/c21-20(13-23)9-10-25(14-20)19-24-17-3-1-2-4-18(17)26(19)12-16-7-5-15(11-22)6-8-16;3-2(4,5)1(6)7/h1-8H,9-10,12-14,23H2;(H,6,7)/t20-;/m1./s1. The first-order valence-electron chi connectivity index (χ1n) is 9.95. The van der Waals surface area contributed by atoms with Crippen LogP contribution in [0.1, 0.15) is 17.5 Å². The van der Waals surface area contributed by atoms with Crippen molar-refractivity contribution in [3.63, 3.8) is 0 Å². The van der Waals surface area contributed by atoms with Gasteiger partial charge >= 0.3 is 12.1 Å². The van der Waals surface area contributed by atoms with Gasteiger partial charge in [0.25, 0.3) is 0 Å². The lowest BCUT2D eigenvalue weighted by molar-refractivity contribution is -0.192. The summed E-state index contributed by atoms with van der Waals surface area (Å²) in [4.78, 5) is 15.6. The number of carboxylic acids is 1. The summed E-state index contributed by atoms with van der Waals surface area (Å²) in [5.41, 5.74) is 7.87. The lowest BCUT2D eigenvalue weighted by Gasteiger charge is -2.21. The van der Waals surface area contributed by atoms with Gasteiger partial charge in [-0.1, -0.05) is 24.3 Å². The number of benzene rings is 2. The number of aromatic nitrogens is 2. The number of alkyl halides is 4. The predicted octanol–water partition coefficient (Wildman–Crippen LogP) is 3.47. The zero-order chi connectivity index (χ0) is 24.2. The summed E-state index contributed by atoms with van der Waals surface area (Å²) in [6, 6.07) is 17.6. The van der Waals surface area contributed by atoms with Crippen molar-refractivity contribution in [1.82, 2.24) is 9.55 Å². The summed E-state index contributed by atoms with van der Waals surface area (Å²) in [6.45, 7) is 1.50. The van der Waals surface area contributed by atoms with Crippen LogP contribution in [0.4, 0.5) is 23.5 Å². The molecule has 0 unspecified atom stereocenters. The van der Waals surface area contributed by atoms with Gasteiger partial charge in [0.15, 0.2) is 0 Å². The highest BCUT2D eigenvalue weighted by Gasteiger charge is 2.39. The molecule has 174 valence electrons. The zero-order valence-corrected chi connectivity index (χ0v) is 17.4. The number of nitrogens with two attached hydrogens (primary N) is 1. The Kier molecular flexibility index (Phi) is 6.88. The van der Waals surface area contributed by atoms with E-state index in [-0.39, 0.29) is 13.1 Å². The molecule has 33 heavy (non-hydrogen) atoms. The highest BCUT2D eigenvalue weighted by Crippen LogP contribution is 2.31. The van der Waals surface area contributed by atoms with Crippen molar-refractivity contribution in [2.24, 2.45) is 5.73 Å². The van der Waals surface area contributed by atoms with Gasteiger partial charge in [-0.2, -0.15) is 18.4 Å². The Bertz CT molecular complexity index is 1170. The third-order valence-corrected chi connectivity index (χ3v) is 5.25. The van der Waals surface area contributed by atoms with Crippen molar-refractivity contribution in [2.45, 2.75) is 24.8 Å². The van der Waals surface area contributed by atoms with Crippen molar-refractivity contribution in [1.29, 1.82) is 5.26 Å². The van der Waals surface area contributed by atoms with Gasteiger partial charge in [0, 0.05) is 19.5 Å². The van der Waals surface area contributed by atoms with Crippen LogP contribution in [0, 0.1) is 11.3 Å². The van der Waals surface area contributed by atoms with Gasteiger partial charge in [0.1, 0.15) is 5.67 Å². The second-order valence-corrected chi connectivity index (χ2v) is 7.62. The molecular weight excluding hydrogens is 442 g/mol. The molecule has 1 atom stereocenters. The molecule has 3 aromatic rings. The number of halogens is 4. The second-order valence-electron chi connectivity index (χ2n) is 7.62. The molecule has 0 saturated carbocycles. The minimum Gasteiger partial charge on any atom is -0.475 e. The predicted molar refractivity (Wildman–Crippen MR) is 113 cm³/mol. The fourth-order valence-electron chi connectivity index (χ4n) is 3.50. The van der Waals surface area contributed by atoms with Gasteiger partial charge in [0.2, 0.25) is 5.95 Å². The van der Waals surface area contributed by atoms with Crippen molar-refractivity contribution < 1.29 is 27.5 Å². The summed E-state index contributed by atoms with van der Waals surface area (Å²) >= 11 is 0. The summed E-state index contributed by atoms with van der Waals surface area (Å²) < 4.78 is 48.5. The highest BCUT2D eigenvalue weighted by molar-refractivity contribution is 5.79. The van der Waals surface area contributed by atoms with Crippen molar-refractivity contribution in [3.8, 4) is 6.07 Å². The number of rotatable bonds is 4. The van der Waals surface area contributed by atoms with E-state index in [0.29, 0.717) is 25.1 Å².